The van der Waals surface area contributed by atoms with Crippen LogP contribution in [-0.4, -0.2) is 24.2 Å². The monoisotopic (exact) mass is 389 g/mol. The van der Waals surface area contributed by atoms with Crippen LogP contribution >= 0.6 is 0 Å². The third-order valence-electron chi connectivity index (χ3n) is 4.38. The molecule has 0 aliphatic carbocycles. The molecule has 148 valence electrons. The Kier molecular flexibility index (Phi) is 6.58. The van der Waals surface area contributed by atoms with Crippen LogP contribution < -0.4 is 14.9 Å². The summed E-state index contributed by atoms with van der Waals surface area (Å²) in [6, 6.07) is 15.1. The molecule has 1 aromatic heterocycles. The number of aryl methyl sites for hydroxylation is 2. The smallest absolute Gasteiger partial charge is 0.272 e. The minimum absolute atomic E-state index is 0.324. The van der Waals surface area contributed by atoms with E-state index in [1.165, 1.54) is 17.3 Å². The molecule has 0 fully saturated rings. The lowest BCUT2D eigenvalue weighted by Gasteiger charge is -2.13. The third kappa shape index (κ3) is 5.42. The largest absolute Gasteiger partial charge is 0.493 e. The quantitative estimate of drug-likeness (QED) is 0.489. The van der Waals surface area contributed by atoms with E-state index in [1.807, 2.05) is 12.1 Å². The molecule has 29 heavy (non-hydrogen) atoms. The molecule has 0 saturated heterocycles. The SMILES string of the molecule is COc1cc(/C=N\NC(=O)c2cccnc2)ccc1OCc1cc(C)ccc1C. The van der Waals surface area contributed by atoms with Gasteiger partial charge in [0.15, 0.2) is 11.5 Å². The maximum Gasteiger partial charge on any atom is 0.272 e. The number of amides is 1. The van der Waals surface area contributed by atoms with Crippen LogP contribution in [0, 0.1) is 13.8 Å². The molecule has 0 spiro atoms. The number of nitrogens with one attached hydrogen (secondary N) is 1. The Morgan fingerprint density at radius 1 is 1.14 bits per heavy atom. The summed E-state index contributed by atoms with van der Waals surface area (Å²) in [6.45, 7) is 4.58. The standard InChI is InChI=1S/C23H23N3O3/c1-16-6-7-17(2)20(11-16)15-29-21-9-8-18(12-22(21)28-3)13-25-26-23(27)19-5-4-10-24-14-19/h4-14H,15H2,1-3H3,(H,26,27)/b25-13-. The van der Waals surface area contributed by atoms with Gasteiger partial charge in [0.05, 0.1) is 18.9 Å². The molecule has 0 aliphatic heterocycles. The van der Waals surface area contributed by atoms with Crippen molar-refractivity contribution >= 4 is 12.1 Å². The molecule has 0 bridgehead atoms. The van der Waals surface area contributed by atoms with Crippen molar-refractivity contribution in [1.29, 1.82) is 0 Å². The van der Waals surface area contributed by atoms with Crippen LogP contribution in [0.25, 0.3) is 0 Å². The Morgan fingerprint density at radius 3 is 2.76 bits per heavy atom. The average Bonchev–Trinajstić information content (AvgIpc) is 2.75. The van der Waals surface area contributed by atoms with Crippen LogP contribution in [0.1, 0.15) is 32.6 Å². The van der Waals surface area contributed by atoms with Gasteiger partial charge in [0, 0.05) is 12.4 Å². The lowest BCUT2D eigenvalue weighted by atomic mass is 10.1. The number of hydrazone groups is 1. The summed E-state index contributed by atoms with van der Waals surface area (Å²) in [5.41, 5.74) is 7.20. The zero-order chi connectivity index (χ0) is 20.6. The molecular weight excluding hydrogens is 366 g/mol. The fourth-order valence-electron chi connectivity index (χ4n) is 2.72. The van der Waals surface area contributed by atoms with E-state index >= 15 is 0 Å². The van der Waals surface area contributed by atoms with Gasteiger partial charge in [0.2, 0.25) is 0 Å². The summed E-state index contributed by atoms with van der Waals surface area (Å²) >= 11 is 0. The predicted octanol–water partition coefficient (Wildman–Crippen LogP) is 4.05. The van der Waals surface area contributed by atoms with Crippen LogP contribution in [-0.2, 0) is 6.61 Å². The Balaban J connectivity index is 1.65. The van der Waals surface area contributed by atoms with Crippen molar-refractivity contribution in [2.75, 3.05) is 7.11 Å². The molecule has 0 unspecified atom stereocenters. The van der Waals surface area contributed by atoms with Gasteiger partial charge in [-0.1, -0.05) is 23.8 Å². The lowest BCUT2D eigenvalue weighted by Crippen LogP contribution is -2.17. The molecule has 6 nitrogen and oxygen atoms in total. The highest BCUT2D eigenvalue weighted by Crippen LogP contribution is 2.28. The van der Waals surface area contributed by atoms with Gasteiger partial charge in [-0.25, -0.2) is 5.43 Å². The van der Waals surface area contributed by atoms with Gasteiger partial charge in [-0.15, -0.1) is 0 Å². The fourth-order valence-corrected chi connectivity index (χ4v) is 2.72. The average molecular weight is 389 g/mol. The Labute approximate surface area is 170 Å². The number of nitrogens with zero attached hydrogens (tertiary/aromatic N) is 2. The van der Waals surface area contributed by atoms with Crippen LogP contribution in [0.3, 0.4) is 0 Å². The first-order valence-corrected chi connectivity index (χ1v) is 9.17. The van der Waals surface area contributed by atoms with Gasteiger partial charge >= 0.3 is 0 Å². The highest BCUT2D eigenvalue weighted by atomic mass is 16.5. The third-order valence-corrected chi connectivity index (χ3v) is 4.38. The van der Waals surface area contributed by atoms with Crippen molar-refractivity contribution in [3.8, 4) is 11.5 Å². The van der Waals surface area contributed by atoms with Crippen LogP contribution in [0.15, 0.2) is 66.0 Å². The Hall–Kier alpha value is -3.67. The molecule has 0 saturated carbocycles. The van der Waals surface area contributed by atoms with Gasteiger partial charge in [-0.3, -0.25) is 9.78 Å². The Bertz CT molecular complexity index is 1020. The van der Waals surface area contributed by atoms with E-state index in [-0.39, 0.29) is 5.91 Å². The van der Waals surface area contributed by atoms with Crippen LogP contribution in [0.5, 0.6) is 11.5 Å². The van der Waals surface area contributed by atoms with Crippen molar-refractivity contribution in [3.63, 3.8) is 0 Å². The normalized spacial score (nSPS) is 10.7. The second-order valence-corrected chi connectivity index (χ2v) is 6.57. The predicted molar refractivity (Wildman–Crippen MR) is 113 cm³/mol. The van der Waals surface area contributed by atoms with Crippen LogP contribution in [0.2, 0.25) is 0 Å². The summed E-state index contributed by atoms with van der Waals surface area (Å²) in [7, 11) is 1.59. The molecule has 0 radical (unpaired) electrons. The number of pyridine rings is 1. The van der Waals surface area contributed by atoms with E-state index in [1.54, 1.807) is 37.7 Å². The summed E-state index contributed by atoms with van der Waals surface area (Å²) in [4.78, 5) is 15.9. The zero-order valence-electron chi connectivity index (χ0n) is 16.7. The molecule has 0 atom stereocenters. The van der Waals surface area contributed by atoms with Gasteiger partial charge in [0.1, 0.15) is 6.61 Å². The maximum atomic E-state index is 12.0. The summed E-state index contributed by atoms with van der Waals surface area (Å²) in [5, 5.41) is 3.99. The fraction of sp³-hybridized carbons (Fsp3) is 0.174. The first-order valence-electron chi connectivity index (χ1n) is 9.17. The van der Waals surface area contributed by atoms with E-state index in [2.05, 4.69) is 47.6 Å². The summed E-state index contributed by atoms with van der Waals surface area (Å²) in [5.74, 6) is 0.914. The number of ether oxygens (including phenoxy) is 2. The number of hydrogen-bond donors (Lipinski definition) is 1. The second-order valence-electron chi connectivity index (χ2n) is 6.57. The van der Waals surface area contributed by atoms with Crippen molar-refractivity contribution in [3.05, 3.63) is 88.7 Å². The number of carbonyl (C=O) groups is 1. The zero-order valence-corrected chi connectivity index (χ0v) is 16.7. The highest BCUT2D eigenvalue weighted by Gasteiger charge is 2.08. The van der Waals surface area contributed by atoms with Crippen molar-refractivity contribution in [1.82, 2.24) is 10.4 Å². The van der Waals surface area contributed by atoms with E-state index in [4.69, 9.17) is 9.47 Å². The lowest BCUT2D eigenvalue weighted by molar-refractivity contribution is 0.0955. The number of aromatic nitrogens is 1. The summed E-state index contributed by atoms with van der Waals surface area (Å²) in [6.07, 6.45) is 4.64. The first-order chi connectivity index (χ1) is 14.1. The van der Waals surface area contributed by atoms with Gasteiger partial charge in [-0.2, -0.15) is 5.10 Å². The minimum Gasteiger partial charge on any atom is -0.493 e. The number of methoxy groups -OCH3 is 1. The maximum absolute atomic E-state index is 12.0. The molecule has 1 amide bonds. The molecular formula is C23H23N3O3. The molecule has 6 heteroatoms. The van der Waals surface area contributed by atoms with Crippen molar-refractivity contribution in [2.24, 2.45) is 5.10 Å². The number of benzene rings is 2. The second kappa shape index (κ2) is 9.50. The topological polar surface area (TPSA) is 72.8 Å². The van der Waals surface area contributed by atoms with E-state index in [9.17, 15) is 4.79 Å². The molecule has 3 aromatic rings. The number of carbonyl (C=O) groups excluding carboxylic acids is 1. The molecule has 2 aromatic carbocycles. The highest BCUT2D eigenvalue weighted by molar-refractivity contribution is 5.94. The Morgan fingerprint density at radius 2 is 2.00 bits per heavy atom. The molecule has 1 heterocycles. The van der Waals surface area contributed by atoms with E-state index in [0.717, 1.165) is 11.1 Å². The molecule has 3 rings (SSSR count). The minimum atomic E-state index is -0.324. The molecule has 0 aliphatic rings. The van der Waals surface area contributed by atoms with Gasteiger partial charge < -0.3 is 9.47 Å². The molecule has 1 N–H and O–H groups in total. The summed E-state index contributed by atoms with van der Waals surface area (Å²) < 4.78 is 11.4. The van der Waals surface area contributed by atoms with Gasteiger partial charge in [-0.05, 0) is 60.9 Å². The number of hydrogen-bond acceptors (Lipinski definition) is 5. The van der Waals surface area contributed by atoms with E-state index < -0.39 is 0 Å². The van der Waals surface area contributed by atoms with Crippen molar-refractivity contribution < 1.29 is 14.3 Å². The van der Waals surface area contributed by atoms with Crippen molar-refractivity contribution in [2.45, 2.75) is 20.5 Å². The van der Waals surface area contributed by atoms with Crippen LogP contribution in [0.4, 0.5) is 0 Å². The number of rotatable bonds is 7. The van der Waals surface area contributed by atoms with Gasteiger partial charge in [0.25, 0.3) is 5.91 Å². The first kappa shape index (κ1) is 20.1. The van der Waals surface area contributed by atoms with E-state index in [0.29, 0.717) is 23.7 Å².